The largest absolute Gasteiger partial charge is 0.355 e. The Morgan fingerprint density at radius 2 is 2.07 bits per heavy atom. The first kappa shape index (κ1) is 14.2. The summed E-state index contributed by atoms with van der Waals surface area (Å²) in [5.41, 5.74) is 2.57. The molecule has 0 unspecified atom stereocenters. The van der Waals surface area contributed by atoms with Crippen LogP contribution in [0.4, 0.5) is 0 Å². The van der Waals surface area contributed by atoms with Crippen molar-refractivity contribution in [2.45, 2.75) is 20.3 Å². The van der Waals surface area contributed by atoms with Crippen LogP contribution in [-0.4, -0.2) is 44.6 Å². The lowest BCUT2D eigenvalue weighted by Crippen LogP contribution is -2.42. The second-order valence-electron chi connectivity index (χ2n) is 4.31. The number of nitrogens with two attached hydrogens (primary N) is 1. The van der Waals surface area contributed by atoms with Gasteiger partial charge in [0.05, 0.1) is 0 Å². The monoisotopic (exact) mass is 215 g/mol. The second-order valence-corrected chi connectivity index (χ2v) is 4.31. The molecular formula is C10H25N5. The second kappa shape index (κ2) is 8.49. The van der Waals surface area contributed by atoms with Crippen molar-refractivity contribution in [3.63, 3.8) is 0 Å². The minimum absolute atomic E-state index is 0.553. The normalized spacial score (nSPS) is 12.3. The van der Waals surface area contributed by atoms with Crippen molar-refractivity contribution < 1.29 is 0 Å². The molecule has 0 amide bonds. The summed E-state index contributed by atoms with van der Waals surface area (Å²) in [4.78, 5) is 6.47. The molecule has 5 nitrogen and oxygen atoms in total. The number of nitrogens with zero attached hydrogens (tertiary/aromatic N) is 2. The Bertz CT molecular complexity index is 177. The summed E-state index contributed by atoms with van der Waals surface area (Å²) in [5, 5.41) is 3.17. The summed E-state index contributed by atoms with van der Waals surface area (Å²) in [6.07, 6.45) is 1.08. The van der Waals surface area contributed by atoms with E-state index in [1.54, 1.807) is 0 Å². The van der Waals surface area contributed by atoms with Gasteiger partial charge in [0.25, 0.3) is 0 Å². The van der Waals surface area contributed by atoms with Crippen LogP contribution in [-0.2, 0) is 0 Å². The van der Waals surface area contributed by atoms with Crippen LogP contribution in [0.5, 0.6) is 0 Å². The van der Waals surface area contributed by atoms with E-state index >= 15 is 0 Å². The van der Waals surface area contributed by atoms with Gasteiger partial charge in [0.2, 0.25) is 5.96 Å². The molecule has 0 fully saturated rings. The van der Waals surface area contributed by atoms with Gasteiger partial charge < -0.3 is 10.2 Å². The van der Waals surface area contributed by atoms with Crippen LogP contribution in [0.3, 0.4) is 0 Å². The van der Waals surface area contributed by atoms with Gasteiger partial charge in [-0.25, -0.2) is 5.84 Å². The summed E-state index contributed by atoms with van der Waals surface area (Å²) in [6, 6.07) is 0. The molecule has 0 rings (SSSR count). The fraction of sp³-hybridized carbons (Fsp3) is 0.900. The average molecular weight is 215 g/mol. The Morgan fingerprint density at radius 1 is 1.40 bits per heavy atom. The molecule has 0 heterocycles. The van der Waals surface area contributed by atoms with Gasteiger partial charge >= 0.3 is 0 Å². The number of hydrogen-bond acceptors (Lipinski definition) is 3. The molecule has 5 heteroatoms. The van der Waals surface area contributed by atoms with Gasteiger partial charge in [-0.1, -0.05) is 13.8 Å². The zero-order chi connectivity index (χ0) is 11.7. The molecule has 90 valence electrons. The SMILES string of the molecule is CC(C)CN=C(NN)NCCCN(C)C. The molecule has 15 heavy (non-hydrogen) atoms. The third-order valence-electron chi connectivity index (χ3n) is 1.83. The van der Waals surface area contributed by atoms with E-state index in [1.807, 2.05) is 0 Å². The van der Waals surface area contributed by atoms with Crippen molar-refractivity contribution in [1.82, 2.24) is 15.6 Å². The highest BCUT2D eigenvalue weighted by Gasteiger charge is 1.97. The zero-order valence-corrected chi connectivity index (χ0v) is 10.4. The lowest BCUT2D eigenvalue weighted by atomic mass is 10.2. The Balaban J connectivity index is 3.65. The molecule has 0 bridgehead atoms. The number of rotatable bonds is 6. The van der Waals surface area contributed by atoms with Crippen LogP contribution >= 0.6 is 0 Å². The van der Waals surface area contributed by atoms with Crippen LogP contribution in [0.15, 0.2) is 4.99 Å². The van der Waals surface area contributed by atoms with Gasteiger partial charge in [0.1, 0.15) is 0 Å². The molecule has 0 saturated heterocycles. The highest BCUT2D eigenvalue weighted by Crippen LogP contribution is 1.90. The van der Waals surface area contributed by atoms with E-state index < -0.39 is 0 Å². The van der Waals surface area contributed by atoms with Crippen LogP contribution < -0.4 is 16.6 Å². The topological polar surface area (TPSA) is 65.7 Å². The maximum absolute atomic E-state index is 5.35. The molecule has 0 spiro atoms. The Labute approximate surface area is 93.1 Å². The van der Waals surface area contributed by atoms with E-state index in [4.69, 9.17) is 5.84 Å². The van der Waals surface area contributed by atoms with E-state index in [-0.39, 0.29) is 0 Å². The number of hydrazine groups is 1. The summed E-state index contributed by atoms with van der Waals surface area (Å²) < 4.78 is 0. The minimum atomic E-state index is 0.553. The minimum Gasteiger partial charge on any atom is -0.355 e. The van der Waals surface area contributed by atoms with E-state index in [2.05, 4.69) is 48.6 Å². The van der Waals surface area contributed by atoms with E-state index in [0.717, 1.165) is 26.1 Å². The molecule has 0 saturated carbocycles. The first-order valence-corrected chi connectivity index (χ1v) is 5.46. The fourth-order valence-electron chi connectivity index (χ4n) is 1.03. The summed E-state index contributed by atoms with van der Waals surface area (Å²) in [6.45, 7) is 7.00. The highest BCUT2D eigenvalue weighted by atomic mass is 15.3. The van der Waals surface area contributed by atoms with Gasteiger partial charge in [-0.05, 0) is 33.0 Å². The molecule has 0 aliphatic rings. The van der Waals surface area contributed by atoms with Crippen molar-refractivity contribution in [2.24, 2.45) is 16.8 Å². The Morgan fingerprint density at radius 3 is 2.53 bits per heavy atom. The molecule has 0 aromatic rings. The lowest BCUT2D eigenvalue weighted by Gasteiger charge is -2.12. The van der Waals surface area contributed by atoms with E-state index in [1.165, 1.54) is 0 Å². The Kier molecular flexibility index (Phi) is 8.04. The van der Waals surface area contributed by atoms with Crippen molar-refractivity contribution >= 4 is 5.96 Å². The Hall–Kier alpha value is -0.810. The third-order valence-corrected chi connectivity index (χ3v) is 1.83. The molecule has 4 N–H and O–H groups in total. The fourth-order valence-corrected chi connectivity index (χ4v) is 1.03. The maximum Gasteiger partial charge on any atom is 0.205 e. The first-order valence-electron chi connectivity index (χ1n) is 5.46. The molecule has 0 aliphatic carbocycles. The average Bonchev–Trinajstić information content (AvgIpc) is 2.16. The number of nitrogens with one attached hydrogen (secondary N) is 2. The van der Waals surface area contributed by atoms with Gasteiger partial charge in [-0.15, -0.1) is 0 Å². The molecule has 0 atom stereocenters. The standard InChI is InChI=1S/C10H25N5/c1-9(2)8-13-10(14-11)12-6-5-7-15(3)4/h9H,5-8,11H2,1-4H3,(H2,12,13,14). The molecule has 0 aliphatic heterocycles. The quantitative estimate of drug-likeness (QED) is 0.192. The van der Waals surface area contributed by atoms with Gasteiger partial charge in [-0.3, -0.25) is 10.4 Å². The number of hydrogen-bond donors (Lipinski definition) is 3. The predicted molar refractivity (Wildman–Crippen MR) is 65.6 cm³/mol. The zero-order valence-electron chi connectivity index (χ0n) is 10.4. The third kappa shape index (κ3) is 9.49. The van der Waals surface area contributed by atoms with Crippen molar-refractivity contribution in [3.8, 4) is 0 Å². The van der Waals surface area contributed by atoms with E-state index in [9.17, 15) is 0 Å². The van der Waals surface area contributed by atoms with Gasteiger partial charge in [0, 0.05) is 13.1 Å². The van der Waals surface area contributed by atoms with Crippen molar-refractivity contribution in [3.05, 3.63) is 0 Å². The summed E-state index contributed by atoms with van der Waals surface area (Å²) >= 11 is 0. The smallest absolute Gasteiger partial charge is 0.205 e. The molecule has 0 radical (unpaired) electrons. The molecule has 0 aromatic heterocycles. The van der Waals surface area contributed by atoms with Crippen molar-refractivity contribution in [2.75, 3.05) is 33.7 Å². The van der Waals surface area contributed by atoms with Crippen LogP contribution in [0.25, 0.3) is 0 Å². The highest BCUT2D eigenvalue weighted by molar-refractivity contribution is 5.79. The van der Waals surface area contributed by atoms with Crippen LogP contribution in [0.1, 0.15) is 20.3 Å². The van der Waals surface area contributed by atoms with Gasteiger partial charge in [-0.2, -0.15) is 0 Å². The van der Waals surface area contributed by atoms with Crippen molar-refractivity contribution in [1.29, 1.82) is 0 Å². The van der Waals surface area contributed by atoms with Crippen LogP contribution in [0, 0.1) is 5.92 Å². The molecular weight excluding hydrogens is 190 g/mol. The maximum atomic E-state index is 5.35. The predicted octanol–water partition coefficient (Wildman–Crippen LogP) is 0.00300. The summed E-state index contributed by atoms with van der Waals surface area (Å²) in [5.74, 6) is 6.58. The lowest BCUT2D eigenvalue weighted by molar-refractivity contribution is 0.399. The van der Waals surface area contributed by atoms with Crippen LogP contribution in [0.2, 0.25) is 0 Å². The summed E-state index contributed by atoms with van der Waals surface area (Å²) in [7, 11) is 4.13. The first-order chi connectivity index (χ1) is 7.06. The number of aliphatic imine (C=N–C) groups is 1. The van der Waals surface area contributed by atoms with Gasteiger partial charge in [0.15, 0.2) is 0 Å². The van der Waals surface area contributed by atoms with E-state index in [0.29, 0.717) is 11.9 Å². The molecule has 0 aromatic carbocycles. The number of guanidine groups is 1.